The number of benzene rings is 1. The van der Waals surface area contributed by atoms with Crippen LogP contribution in [-0.2, 0) is 6.54 Å². The van der Waals surface area contributed by atoms with Gasteiger partial charge in [0.25, 0.3) is 0 Å². The fraction of sp³-hybridized carbons (Fsp3) is 0.333. The first kappa shape index (κ1) is 10.8. The molecular weight excluding hydrogens is 172 g/mol. The number of nitrogens with two attached hydrogens (primary N) is 1. The number of nitrogens with one attached hydrogen (secondary N) is 1. The van der Waals surface area contributed by atoms with E-state index in [0.717, 1.165) is 18.5 Å². The Hall–Kier alpha value is -1.30. The second-order valence-electron chi connectivity index (χ2n) is 3.03. The van der Waals surface area contributed by atoms with Crippen molar-refractivity contribution in [3.8, 4) is 11.8 Å². The van der Waals surface area contributed by atoms with E-state index in [4.69, 9.17) is 5.73 Å². The van der Waals surface area contributed by atoms with Crippen molar-refractivity contribution in [3.05, 3.63) is 35.4 Å². The maximum Gasteiger partial charge on any atom is 0.0290 e. The molecule has 74 valence electrons. The molecule has 0 saturated carbocycles. The first-order valence-electron chi connectivity index (χ1n) is 4.80. The van der Waals surface area contributed by atoms with Crippen molar-refractivity contribution in [3.63, 3.8) is 0 Å². The maximum absolute atomic E-state index is 5.37. The van der Waals surface area contributed by atoms with E-state index in [1.165, 1.54) is 5.56 Å². The minimum Gasteiger partial charge on any atom is -0.330 e. The number of hydrogen-bond donors (Lipinski definition) is 2. The minimum absolute atomic E-state index is 0.626. The van der Waals surface area contributed by atoms with Gasteiger partial charge in [0.15, 0.2) is 0 Å². The Balaban J connectivity index is 2.80. The highest BCUT2D eigenvalue weighted by atomic mass is 14.8. The van der Waals surface area contributed by atoms with Crippen molar-refractivity contribution in [2.24, 2.45) is 5.73 Å². The third kappa shape index (κ3) is 3.21. The molecule has 0 aliphatic carbocycles. The van der Waals surface area contributed by atoms with E-state index >= 15 is 0 Å². The van der Waals surface area contributed by atoms with Crippen LogP contribution in [0.2, 0.25) is 0 Å². The molecule has 1 aromatic carbocycles. The van der Waals surface area contributed by atoms with Gasteiger partial charge >= 0.3 is 0 Å². The van der Waals surface area contributed by atoms with Crippen molar-refractivity contribution in [2.75, 3.05) is 13.6 Å². The molecule has 0 amide bonds. The van der Waals surface area contributed by atoms with Crippen molar-refractivity contribution >= 4 is 0 Å². The summed E-state index contributed by atoms with van der Waals surface area (Å²) in [4.78, 5) is 0. The molecule has 2 nitrogen and oxygen atoms in total. The lowest BCUT2D eigenvalue weighted by atomic mass is 10.1. The van der Waals surface area contributed by atoms with Crippen LogP contribution in [0.5, 0.6) is 0 Å². The van der Waals surface area contributed by atoms with Gasteiger partial charge in [-0.3, -0.25) is 0 Å². The third-order valence-electron chi connectivity index (χ3n) is 1.88. The molecule has 0 heterocycles. The lowest BCUT2D eigenvalue weighted by molar-refractivity contribution is 0.816. The molecule has 0 aliphatic heterocycles. The Bertz CT molecular complexity index is 334. The summed E-state index contributed by atoms with van der Waals surface area (Å²) in [5.41, 5.74) is 7.70. The molecule has 0 fully saturated rings. The maximum atomic E-state index is 5.37. The van der Waals surface area contributed by atoms with Crippen molar-refractivity contribution in [1.82, 2.24) is 5.32 Å². The zero-order valence-corrected chi connectivity index (χ0v) is 8.51. The summed E-state index contributed by atoms with van der Waals surface area (Å²) in [5.74, 6) is 6.18. The Morgan fingerprint density at radius 2 is 2.14 bits per heavy atom. The Morgan fingerprint density at radius 1 is 1.36 bits per heavy atom. The standard InChI is InChI=1S/C12H16N2/c1-14-10-12-8-3-2-6-11(12)7-4-5-9-13/h2-3,6,8,14H,5,9-10,13H2,1H3. The summed E-state index contributed by atoms with van der Waals surface area (Å²) in [7, 11) is 1.93. The highest BCUT2D eigenvalue weighted by molar-refractivity contribution is 5.41. The highest BCUT2D eigenvalue weighted by Gasteiger charge is 1.95. The van der Waals surface area contributed by atoms with Gasteiger partial charge in [0, 0.05) is 25.1 Å². The van der Waals surface area contributed by atoms with Crippen LogP contribution in [0.3, 0.4) is 0 Å². The van der Waals surface area contributed by atoms with Gasteiger partial charge in [0.05, 0.1) is 0 Å². The summed E-state index contributed by atoms with van der Waals surface area (Å²) < 4.78 is 0. The van der Waals surface area contributed by atoms with Gasteiger partial charge in [-0.2, -0.15) is 0 Å². The lowest BCUT2D eigenvalue weighted by Crippen LogP contribution is -2.06. The van der Waals surface area contributed by atoms with Gasteiger partial charge in [0.2, 0.25) is 0 Å². The predicted molar refractivity (Wildman–Crippen MR) is 59.8 cm³/mol. The molecule has 0 unspecified atom stereocenters. The molecule has 2 heteroatoms. The Kier molecular flexibility index (Phi) is 4.77. The molecule has 0 saturated heterocycles. The summed E-state index contributed by atoms with van der Waals surface area (Å²) in [5, 5.41) is 3.12. The zero-order valence-electron chi connectivity index (χ0n) is 8.51. The second-order valence-corrected chi connectivity index (χ2v) is 3.03. The average Bonchev–Trinajstić information content (AvgIpc) is 2.21. The molecule has 14 heavy (non-hydrogen) atoms. The molecule has 0 radical (unpaired) electrons. The molecule has 1 aromatic rings. The Morgan fingerprint density at radius 3 is 2.86 bits per heavy atom. The Labute approximate surface area is 85.5 Å². The highest BCUT2D eigenvalue weighted by Crippen LogP contribution is 2.06. The van der Waals surface area contributed by atoms with Crippen LogP contribution in [0.1, 0.15) is 17.5 Å². The van der Waals surface area contributed by atoms with Crippen molar-refractivity contribution < 1.29 is 0 Å². The molecule has 1 rings (SSSR count). The van der Waals surface area contributed by atoms with Crippen LogP contribution in [-0.4, -0.2) is 13.6 Å². The molecule has 0 aromatic heterocycles. The van der Waals surface area contributed by atoms with Crippen molar-refractivity contribution in [1.29, 1.82) is 0 Å². The van der Waals surface area contributed by atoms with E-state index in [-0.39, 0.29) is 0 Å². The number of hydrogen-bond acceptors (Lipinski definition) is 2. The summed E-state index contributed by atoms with van der Waals surface area (Å²) in [6.07, 6.45) is 0.758. The normalized spacial score (nSPS) is 9.29. The second kappa shape index (κ2) is 6.20. The van der Waals surface area contributed by atoms with Gasteiger partial charge in [-0.05, 0) is 18.7 Å². The molecule has 0 atom stereocenters. The topological polar surface area (TPSA) is 38.0 Å². The van der Waals surface area contributed by atoms with Crippen LogP contribution in [0, 0.1) is 11.8 Å². The van der Waals surface area contributed by atoms with Gasteiger partial charge < -0.3 is 11.1 Å². The fourth-order valence-corrected chi connectivity index (χ4v) is 1.22. The van der Waals surface area contributed by atoms with Crippen LogP contribution in [0.15, 0.2) is 24.3 Å². The molecule has 0 spiro atoms. The lowest BCUT2D eigenvalue weighted by Gasteiger charge is -2.02. The summed E-state index contributed by atoms with van der Waals surface area (Å²) >= 11 is 0. The van der Waals surface area contributed by atoms with Gasteiger partial charge in [-0.15, -0.1) is 0 Å². The van der Waals surface area contributed by atoms with Crippen LogP contribution in [0.4, 0.5) is 0 Å². The summed E-state index contributed by atoms with van der Waals surface area (Å²) in [6, 6.07) is 8.16. The fourth-order valence-electron chi connectivity index (χ4n) is 1.22. The zero-order chi connectivity index (χ0) is 10.2. The number of rotatable bonds is 3. The molecule has 0 bridgehead atoms. The molecule has 0 aliphatic rings. The molecular formula is C12H16N2. The van der Waals surface area contributed by atoms with E-state index in [2.05, 4.69) is 23.2 Å². The van der Waals surface area contributed by atoms with Crippen molar-refractivity contribution in [2.45, 2.75) is 13.0 Å². The summed E-state index contributed by atoms with van der Waals surface area (Å²) in [6.45, 7) is 1.48. The van der Waals surface area contributed by atoms with E-state index in [1.807, 2.05) is 25.2 Å². The van der Waals surface area contributed by atoms with E-state index in [1.54, 1.807) is 0 Å². The average molecular weight is 188 g/mol. The van der Waals surface area contributed by atoms with E-state index < -0.39 is 0 Å². The van der Waals surface area contributed by atoms with Gasteiger partial charge in [-0.25, -0.2) is 0 Å². The predicted octanol–water partition coefficient (Wildman–Crippen LogP) is 1.11. The minimum atomic E-state index is 0.626. The SMILES string of the molecule is CNCc1ccccc1C#CCCN. The van der Waals surface area contributed by atoms with Gasteiger partial charge in [0.1, 0.15) is 0 Å². The first-order valence-corrected chi connectivity index (χ1v) is 4.80. The van der Waals surface area contributed by atoms with Crippen LogP contribution in [0.25, 0.3) is 0 Å². The monoisotopic (exact) mass is 188 g/mol. The van der Waals surface area contributed by atoms with Gasteiger partial charge in [-0.1, -0.05) is 30.0 Å². The first-order chi connectivity index (χ1) is 6.88. The third-order valence-corrected chi connectivity index (χ3v) is 1.88. The quantitative estimate of drug-likeness (QED) is 0.697. The van der Waals surface area contributed by atoms with Crippen LogP contribution >= 0.6 is 0 Å². The molecule has 3 N–H and O–H groups in total. The van der Waals surface area contributed by atoms with E-state index in [9.17, 15) is 0 Å². The van der Waals surface area contributed by atoms with E-state index in [0.29, 0.717) is 6.54 Å². The van der Waals surface area contributed by atoms with Crippen LogP contribution < -0.4 is 11.1 Å². The smallest absolute Gasteiger partial charge is 0.0290 e. The largest absolute Gasteiger partial charge is 0.330 e.